The van der Waals surface area contributed by atoms with Gasteiger partial charge < -0.3 is 14.8 Å². The second-order valence-corrected chi connectivity index (χ2v) is 6.26. The summed E-state index contributed by atoms with van der Waals surface area (Å²) in [4.78, 5) is 2.14. The smallest absolute Gasteiger partial charge is 0.435 e. The van der Waals surface area contributed by atoms with Crippen LogP contribution in [0.2, 0.25) is 0 Å². The number of ether oxygens (including phenoxy) is 2. The molecular formula is C19H19F5N2O2. The fourth-order valence-electron chi connectivity index (χ4n) is 3.27. The summed E-state index contributed by atoms with van der Waals surface area (Å²) in [6.07, 6.45) is -4.76. The topological polar surface area (TPSA) is 33.7 Å². The number of nitrogens with zero attached hydrogens (tertiary/aromatic N) is 1. The van der Waals surface area contributed by atoms with Crippen molar-refractivity contribution in [1.29, 1.82) is 0 Å². The van der Waals surface area contributed by atoms with E-state index >= 15 is 0 Å². The molecule has 0 spiro atoms. The Hall–Kier alpha value is -2.39. The fourth-order valence-corrected chi connectivity index (χ4v) is 3.27. The maximum absolute atomic E-state index is 12.6. The van der Waals surface area contributed by atoms with E-state index in [1.807, 2.05) is 0 Å². The van der Waals surface area contributed by atoms with E-state index in [2.05, 4.69) is 19.7 Å². The molecule has 0 aliphatic carbocycles. The van der Waals surface area contributed by atoms with E-state index in [4.69, 9.17) is 0 Å². The van der Waals surface area contributed by atoms with Crippen molar-refractivity contribution < 1.29 is 31.4 Å². The Morgan fingerprint density at radius 3 is 2.18 bits per heavy atom. The van der Waals surface area contributed by atoms with Gasteiger partial charge in [-0.15, -0.1) is 13.2 Å². The zero-order valence-electron chi connectivity index (χ0n) is 14.8. The average Bonchev–Trinajstić information content (AvgIpc) is 2.63. The molecule has 0 aromatic heterocycles. The molecule has 1 heterocycles. The quantitative estimate of drug-likeness (QED) is 0.735. The third kappa shape index (κ3) is 5.56. The highest BCUT2D eigenvalue weighted by Crippen LogP contribution is 2.33. The molecule has 9 heteroatoms. The second kappa shape index (κ2) is 8.74. The van der Waals surface area contributed by atoms with Gasteiger partial charge >= 0.3 is 13.0 Å². The molecule has 2 aromatic carbocycles. The Morgan fingerprint density at radius 2 is 1.57 bits per heavy atom. The lowest BCUT2D eigenvalue weighted by molar-refractivity contribution is -0.274. The van der Waals surface area contributed by atoms with Crippen LogP contribution < -0.4 is 14.8 Å². The van der Waals surface area contributed by atoms with E-state index in [0.29, 0.717) is 18.7 Å². The monoisotopic (exact) mass is 402 g/mol. The molecule has 1 saturated heterocycles. The van der Waals surface area contributed by atoms with Gasteiger partial charge in [-0.05, 0) is 35.4 Å². The van der Waals surface area contributed by atoms with Crippen molar-refractivity contribution in [2.45, 2.75) is 19.0 Å². The van der Waals surface area contributed by atoms with Crippen LogP contribution in [0.1, 0.15) is 17.2 Å². The van der Waals surface area contributed by atoms with E-state index in [1.54, 1.807) is 24.3 Å². The van der Waals surface area contributed by atoms with Crippen LogP contribution in [-0.4, -0.2) is 44.1 Å². The van der Waals surface area contributed by atoms with E-state index in [0.717, 1.165) is 18.7 Å². The summed E-state index contributed by atoms with van der Waals surface area (Å²) in [5.41, 5.74) is 1.44. The number of alkyl halides is 5. The number of hydrogen-bond donors (Lipinski definition) is 1. The second-order valence-electron chi connectivity index (χ2n) is 6.26. The fraction of sp³-hybridized carbons (Fsp3) is 0.368. The summed E-state index contributed by atoms with van der Waals surface area (Å²) in [7, 11) is 0. The van der Waals surface area contributed by atoms with E-state index in [1.165, 1.54) is 24.3 Å². The zero-order valence-corrected chi connectivity index (χ0v) is 14.8. The third-order valence-corrected chi connectivity index (χ3v) is 4.35. The van der Waals surface area contributed by atoms with Crippen LogP contribution >= 0.6 is 0 Å². The van der Waals surface area contributed by atoms with Gasteiger partial charge in [0, 0.05) is 26.2 Å². The summed E-state index contributed by atoms with van der Waals surface area (Å²) in [6, 6.07) is 11.6. The van der Waals surface area contributed by atoms with Crippen LogP contribution in [0.15, 0.2) is 48.5 Å². The molecule has 0 radical (unpaired) electrons. The maximum Gasteiger partial charge on any atom is 0.573 e. The third-order valence-electron chi connectivity index (χ3n) is 4.35. The minimum atomic E-state index is -4.76. The minimum Gasteiger partial charge on any atom is -0.435 e. The van der Waals surface area contributed by atoms with Gasteiger partial charge in [-0.3, -0.25) is 4.90 Å². The standard InChI is InChI=1S/C19H19F5N2O2/c20-18(21)27-16-3-1-2-14(12-16)17(26-10-8-25-9-11-26)13-4-6-15(7-5-13)28-19(22,23)24/h1-7,12,17-18,25H,8-11H2/t17-/m1/s1. The zero-order chi connectivity index (χ0) is 20.1. The molecule has 0 saturated carbocycles. The molecule has 1 atom stereocenters. The van der Waals surface area contributed by atoms with Crippen molar-refractivity contribution in [2.75, 3.05) is 26.2 Å². The van der Waals surface area contributed by atoms with Crippen LogP contribution in [0.3, 0.4) is 0 Å². The van der Waals surface area contributed by atoms with Crippen molar-refractivity contribution in [1.82, 2.24) is 10.2 Å². The van der Waals surface area contributed by atoms with E-state index in [9.17, 15) is 22.0 Å². The van der Waals surface area contributed by atoms with Crippen LogP contribution in [-0.2, 0) is 0 Å². The number of halogens is 5. The lowest BCUT2D eigenvalue weighted by Gasteiger charge is -2.35. The van der Waals surface area contributed by atoms with Gasteiger partial charge in [0.25, 0.3) is 0 Å². The predicted molar refractivity (Wildman–Crippen MR) is 92.5 cm³/mol. The SMILES string of the molecule is FC(F)Oc1cccc([C@@H](c2ccc(OC(F)(F)F)cc2)N2CCNCC2)c1. The normalized spacial score (nSPS) is 16.8. The molecule has 4 nitrogen and oxygen atoms in total. The predicted octanol–water partition coefficient (Wildman–Crippen LogP) is 4.18. The van der Waals surface area contributed by atoms with Crippen LogP contribution in [0.5, 0.6) is 11.5 Å². The van der Waals surface area contributed by atoms with Crippen LogP contribution in [0.4, 0.5) is 22.0 Å². The first kappa shape index (κ1) is 20.3. The Balaban J connectivity index is 1.91. The maximum atomic E-state index is 12.6. The van der Waals surface area contributed by atoms with Crippen molar-refractivity contribution >= 4 is 0 Å². The van der Waals surface area contributed by atoms with Crippen molar-refractivity contribution in [3.63, 3.8) is 0 Å². The van der Waals surface area contributed by atoms with Crippen molar-refractivity contribution in [3.8, 4) is 11.5 Å². The van der Waals surface area contributed by atoms with E-state index in [-0.39, 0.29) is 17.5 Å². The molecule has 1 fully saturated rings. The van der Waals surface area contributed by atoms with Crippen LogP contribution in [0, 0.1) is 0 Å². The van der Waals surface area contributed by atoms with Gasteiger partial charge in [-0.25, -0.2) is 0 Å². The highest BCUT2D eigenvalue weighted by atomic mass is 19.4. The number of hydrogen-bond acceptors (Lipinski definition) is 4. The molecule has 0 unspecified atom stereocenters. The highest BCUT2D eigenvalue weighted by Gasteiger charge is 2.31. The average molecular weight is 402 g/mol. The molecule has 0 bridgehead atoms. The summed E-state index contributed by atoms with van der Waals surface area (Å²) in [5.74, 6) is -0.283. The number of rotatable bonds is 6. The molecule has 152 valence electrons. The molecular weight excluding hydrogens is 383 g/mol. The Labute approximate surface area is 158 Å². The van der Waals surface area contributed by atoms with Crippen LogP contribution in [0.25, 0.3) is 0 Å². The highest BCUT2D eigenvalue weighted by molar-refractivity contribution is 5.39. The summed E-state index contributed by atoms with van der Waals surface area (Å²) >= 11 is 0. The lowest BCUT2D eigenvalue weighted by Crippen LogP contribution is -2.45. The largest absolute Gasteiger partial charge is 0.573 e. The van der Waals surface area contributed by atoms with Gasteiger partial charge in [-0.1, -0.05) is 24.3 Å². The van der Waals surface area contributed by atoms with Gasteiger partial charge in [0.15, 0.2) is 0 Å². The number of nitrogens with one attached hydrogen (secondary N) is 1. The Morgan fingerprint density at radius 1 is 0.893 bits per heavy atom. The number of piperazine rings is 1. The molecule has 3 rings (SSSR count). The Bertz CT molecular complexity index is 762. The molecule has 1 N–H and O–H groups in total. The number of benzene rings is 2. The molecule has 28 heavy (non-hydrogen) atoms. The van der Waals surface area contributed by atoms with Crippen molar-refractivity contribution in [3.05, 3.63) is 59.7 Å². The first-order valence-corrected chi connectivity index (χ1v) is 8.67. The van der Waals surface area contributed by atoms with Gasteiger partial charge in [0.1, 0.15) is 11.5 Å². The molecule has 2 aromatic rings. The first-order valence-electron chi connectivity index (χ1n) is 8.67. The van der Waals surface area contributed by atoms with E-state index < -0.39 is 13.0 Å². The minimum absolute atomic E-state index is 0.0321. The van der Waals surface area contributed by atoms with Gasteiger partial charge in [-0.2, -0.15) is 8.78 Å². The summed E-state index contributed by atoms with van der Waals surface area (Å²) < 4.78 is 70.7. The summed E-state index contributed by atoms with van der Waals surface area (Å²) in [5, 5.41) is 3.23. The van der Waals surface area contributed by atoms with Crippen molar-refractivity contribution in [2.24, 2.45) is 0 Å². The molecule has 0 amide bonds. The van der Waals surface area contributed by atoms with Gasteiger partial charge in [0.05, 0.1) is 6.04 Å². The molecule has 1 aliphatic heterocycles. The molecule has 1 aliphatic rings. The summed E-state index contributed by atoms with van der Waals surface area (Å²) in [6.45, 7) is -0.0406. The lowest BCUT2D eigenvalue weighted by atomic mass is 9.96. The Kier molecular flexibility index (Phi) is 6.35. The van der Waals surface area contributed by atoms with Gasteiger partial charge in [0.2, 0.25) is 0 Å². The first-order chi connectivity index (χ1) is 13.3.